The Morgan fingerprint density at radius 3 is 2.89 bits per heavy atom. The third-order valence-corrected chi connectivity index (χ3v) is 4.16. The zero-order valence-electron chi connectivity index (χ0n) is 10.7. The Morgan fingerprint density at radius 1 is 1.53 bits per heavy atom. The zero-order valence-corrected chi connectivity index (χ0v) is 13.1. The molecule has 0 saturated heterocycles. The highest BCUT2D eigenvalue weighted by Gasteiger charge is 2.15. The molecule has 2 aromatic rings. The summed E-state index contributed by atoms with van der Waals surface area (Å²) in [6.45, 7) is 2.41. The number of rotatable bonds is 4. The summed E-state index contributed by atoms with van der Waals surface area (Å²) in [7, 11) is 1.74. The van der Waals surface area contributed by atoms with E-state index in [1.807, 2.05) is 36.6 Å². The predicted octanol–water partition coefficient (Wildman–Crippen LogP) is 4.01. The van der Waals surface area contributed by atoms with Crippen LogP contribution in [0.4, 0.5) is 4.79 Å². The Morgan fingerprint density at radius 2 is 2.32 bits per heavy atom. The van der Waals surface area contributed by atoms with Crippen LogP contribution < -0.4 is 5.32 Å². The number of amides is 2. The largest absolute Gasteiger partial charge is 0.452 e. The number of hydrogen-bond acceptors (Lipinski definition) is 3. The lowest BCUT2D eigenvalue weighted by atomic mass is 10.3. The summed E-state index contributed by atoms with van der Waals surface area (Å²) in [5, 5.41) is 4.96. The van der Waals surface area contributed by atoms with E-state index in [1.54, 1.807) is 23.3 Å². The van der Waals surface area contributed by atoms with Crippen molar-refractivity contribution in [3.63, 3.8) is 0 Å². The minimum absolute atomic E-state index is 0.0123. The molecular formula is C13H15BrN2O2S. The summed E-state index contributed by atoms with van der Waals surface area (Å²) < 4.78 is 6.05. The Bertz CT molecular complexity index is 539. The molecule has 19 heavy (non-hydrogen) atoms. The van der Waals surface area contributed by atoms with Gasteiger partial charge in [0.05, 0.1) is 12.6 Å². The van der Waals surface area contributed by atoms with Crippen LogP contribution in [-0.4, -0.2) is 18.0 Å². The van der Waals surface area contributed by atoms with Crippen LogP contribution >= 0.6 is 27.3 Å². The van der Waals surface area contributed by atoms with Crippen molar-refractivity contribution in [3.8, 4) is 0 Å². The van der Waals surface area contributed by atoms with Gasteiger partial charge in [-0.2, -0.15) is 0 Å². The van der Waals surface area contributed by atoms with Gasteiger partial charge >= 0.3 is 6.03 Å². The fourth-order valence-corrected chi connectivity index (χ4v) is 2.72. The number of urea groups is 1. The van der Waals surface area contributed by atoms with Gasteiger partial charge in [-0.05, 0) is 46.4 Å². The number of carbonyl (C=O) groups excluding carboxylic acids is 1. The second kappa shape index (κ2) is 6.25. The average molecular weight is 343 g/mol. The van der Waals surface area contributed by atoms with Gasteiger partial charge < -0.3 is 14.6 Å². The zero-order chi connectivity index (χ0) is 13.8. The van der Waals surface area contributed by atoms with Crippen molar-refractivity contribution in [1.82, 2.24) is 10.2 Å². The molecule has 0 bridgehead atoms. The van der Waals surface area contributed by atoms with Crippen LogP contribution in [0.25, 0.3) is 0 Å². The summed E-state index contributed by atoms with van der Waals surface area (Å²) in [5.41, 5.74) is 0. The summed E-state index contributed by atoms with van der Waals surface area (Å²) >= 11 is 4.88. The number of thiophene rings is 1. The van der Waals surface area contributed by atoms with Gasteiger partial charge in [-0.15, -0.1) is 11.3 Å². The fraction of sp³-hybridized carbons (Fsp3) is 0.308. The molecule has 0 aliphatic heterocycles. The highest BCUT2D eigenvalue weighted by Crippen LogP contribution is 2.19. The quantitative estimate of drug-likeness (QED) is 0.912. The Kier molecular flexibility index (Phi) is 4.66. The topological polar surface area (TPSA) is 45.5 Å². The average Bonchev–Trinajstić information content (AvgIpc) is 3.00. The van der Waals surface area contributed by atoms with Crippen molar-refractivity contribution in [1.29, 1.82) is 0 Å². The number of hydrogen-bond donors (Lipinski definition) is 1. The number of furan rings is 1. The fourth-order valence-electron chi connectivity index (χ4n) is 1.65. The molecule has 2 heterocycles. The van der Waals surface area contributed by atoms with E-state index in [1.165, 1.54) is 0 Å². The molecular weight excluding hydrogens is 328 g/mol. The third-order valence-electron chi connectivity index (χ3n) is 2.68. The van der Waals surface area contributed by atoms with E-state index in [0.29, 0.717) is 11.2 Å². The summed E-state index contributed by atoms with van der Waals surface area (Å²) in [6.07, 6.45) is 0. The summed E-state index contributed by atoms with van der Waals surface area (Å²) in [6, 6.07) is 7.55. The smallest absolute Gasteiger partial charge is 0.318 e. The van der Waals surface area contributed by atoms with Crippen molar-refractivity contribution >= 4 is 33.3 Å². The van der Waals surface area contributed by atoms with Crippen LogP contribution in [0.5, 0.6) is 0 Å². The lowest BCUT2D eigenvalue weighted by Gasteiger charge is -2.20. The highest BCUT2D eigenvalue weighted by atomic mass is 79.9. The molecule has 4 nitrogen and oxygen atoms in total. The van der Waals surface area contributed by atoms with Gasteiger partial charge in [0.2, 0.25) is 0 Å². The number of nitrogens with one attached hydrogen (secondary N) is 1. The first-order chi connectivity index (χ1) is 9.06. The van der Waals surface area contributed by atoms with Gasteiger partial charge in [0.25, 0.3) is 0 Å². The number of nitrogens with zero attached hydrogens (tertiary/aromatic N) is 1. The SMILES string of the molecule is C[C@H](NC(=O)N(C)Cc1ccc(Br)o1)c1cccs1. The Hall–Kier alpha value is -1.27. The van der Waals surface area contributed by atoms with E-state index in [0.717, 1.165) is 10.6 Å². The molecule has 102 valence electrons. The van der Waals surface area contributed by atoms with Crippen LogP contribution in [0.1, 0.15) is 23.6 Å². The molecule has 0 spiro atoms. The molecule has 0 aromatic carbocycles. The molecule has 6 heteroatoms. The van der Waals surface area contributed by atoms with Gasteiger partial charge in [-0.25, -0.2) is 4.79 Å². The van der Waals surface area contributed by atoms with Crippen molar-refractivity contribution < 1.29 is 9.21 Å². The molecule has 0 saturated carbocycles. The van der Waals surface area contributed by atoms with Crippen LogP contribution in [0, 0.1) is 0 Å². The number of halogens is 1. The first-order valence-electron chi connectivity index (χ1n) is 5.85. The van der Waals surface area contributed by atoms with Gasteiger partial charge in [-0.1, -0.05) is 6.07 Å². The van der Waals surface area contributed by atoms with Crippen LogP contribution in [0.2, 0.25) is 0 Å². The van der Waals surface area contributed by atoms with E-state index in [2.05, 4.69) is 21.2 Å². The van der Waals surface area contributed by atoms with Gasteiger partial charge in [0, 0.05) is 11.9 Å². The van der Waals surface area contributed by atoms with Gasteiger partial charge in [0.1, 0.15) is 5.76 Å². The monoisotopic (exact) mass is 342 g/mol. The van der Waals surface area contributed by atoms with Crippen LogP contribution in [-0.2, 0) is 6.54 Å². The van der Waals surface area contributed by atoms with Crippen molar-refractivity contribution in [3.05, 3.63) is 45.0 Å². The van der Waals surface area contributed by atoms with Crippen molar-refractivity contribution in [2.75, 3.05) is 7.05 Å². The normalized spacial score (nSPS) is 12.2. The molecule has 0 fully saturated rings. The van der Waals surface area contributed by atoms with E-state index in [4.69, 9.17) is 4.42 Å². The molecule has 2 amide bonds. The Labute approximate surface area is 124 Å². The maximum Gasteiger partial charge on any atom is 0.318 e. The molecule has 0 unspecified atom stereocenters. The third kappa shape index (κ3) is 3.84. The van der Waals surface area contributed by atoms with Crippen molar-refractivity contribution in [2.24, 2.45) is 0 Å². The molecule has 0 aliphatic rings. The maximum atomic E-state index is 12.0. The highest BCUT2D eigenvalue weighted by molar-refractivity contribution is 9.10. The van der Waals surface area contributed by atoms with E-state index >= 15 is 0 Å². The molecule has 2 rings (SSSR count). The summed E-state index contributed by atoms with van der Waals surface area (Å²) in [4.78, 5) is 14.8. The molecule has 1 atom stereocenters. The molecule has 2 aromatic heterocycles. The van der Waals surface area contributed by atoms with Gasteiger partial charge in [-0.3, -0.25) is 0 Å². The van der Waals surface area contributed by atoms with Crippen molar-refractivity contribution in [2.45, 2.75) is 19.5 Å². The maximum absolute atomic E-state index is 12.0. The first kappa shape index (κ1) is 14.1. The standard InChI is InChI=1S/C13H15BrN2O2S/c1-9(11-4-3-7-19-11)15-13(17)16(2)8-10-5-6-12(14)18-10/h3-7,9H,8H2,1-2H3,(H,15,17)/t9-/m0/s1. The molecule has 1 N–H and O–H groups in total. The lowest BCUT2D eigenvalue weighted by Crippen LogP contribution is -2.37. The molecule has 0 aliphatic carbocycles. The second-order valence-electron chi connectivity index (χ2n) is 4.25. The van der Waals surface area contributed by atoms with Crippen LogP contribution in [0.15, 0.2) is 38.7 Å². The minimum Gasteiger partial charge on any atom is -0.452 e. The number of carbonyl (C=O) groups is 1. The Balaban J connectivity index is 1.89. The predicted molar refractivity (Wildman–Crippen MR) is 79.1 cm³/mol. The van der Waals surface area contributed by atoms with E-state index in [-0.39, 0.29) is 12.1 Å². The second-order valence-corrected chi connectivity index (χ2v) is 6.01. The van der Waals surface area contributed by atoms with E-state index in [9.17, 15) is 4.79 Å². The lowest BCUT2D eigenvalue weighted by molar-refractivity contribution is 0.199. The van der Waals surface area contributed by atoms with Gasteiger partial charge in [0.15, 0.2) is 4.67 Å². The minimum atomic E-state index is -0.117. The first-order valence-corrected chi connectivity index (χ1v) is 7.53. The van der Waals surface area contributed by atoms with Crippen LogP contribution in [0.3, 0.4) is 0 Å². The summed E-state index contributed by atoms with van der Waals surface area (Å²) in [5.74, 6) is 0.744. The molecule has 0 radical (unpaired) electrons. The van der Waals surface area contributed by atoms with E-state index < -0.39 is 0 Å².